The Morgan fingerprint density at radius 3 is 2.07 bits per heavy atom. The summed E-state index contributed by atoms with van der Waals surface area (Å²) in [6.45, 7) is 13.9. The van der Waals surface area contributed by atoms with Gasteiger partial charge in [0.1, 0.15) is 17.1 Å². The molecule has 326 valence electrons. The number of ether oxygens (including phenoxy) is 4. The zero-order valence-electron chi connectivity index (χ0n) is 35.1. The highest BCUT2D eigenvalue weighted by molar-refractivity contribution is 6.17. The summed E-state index contributed by atoms with van der Waals surface area (Å²) in [5.41, 5.74) is 1.39. The number of halogens is 1. The van der Waals surface area contributed by atoms with E-state index < -0.39 is 5.97 Å². The van der Waals surface area contributed by atoms with Crippen LogP contribution in [0.5, 0.6) is 5.75 Å². The van der Waals surface area contributed by atoms with Crippen molar-refractivity contribution in [2.45, 2.75) is 79.1 Å². The number of nitrogens with one attached hydrogen (secondary N) is 2. The average Bonchev–Trinajstić information content (AvgIpc) is 3.23. The fourth-order valence-electron chi connectivity index (χ4n) is 5.85. The Balaban J connectivity index is 0.00000107. The van der Waals surface area contributed by atoms with E-state index in [1.165, 1.54) is 42.5 Å². The molecule has 1 aliphatic carbocycles. The number of hydrogen-bond donors (Lipinski definition) is 4. The van der Waals surface area contributed by atoms with Crippen molar-refractivity contribution in [3.8, 4) is 28.2 Å². The molecule has 0 fully saturated rings. The van der Waals surface area contributed by atoms with Crippen LogP contribution >= 0.6 is 11.6 Å². The van der Waals surface area contributed by atoms with Gasteiger partial charge in [0.25, 0.3) is 5.91 Å². The number of amides is 2. The first-order chi connectivity index (χ1) is 28.7. The molecule has 2 amide bonds. The number of carboxylic acids is 1. The molecule has 0 saturated heterocycles. The Morgan fingerprint density at radius 2 is 1.37 bits per heavy atom. The van der Waals surface area contributed by atoms with Crippen molar-refractivity contribution >= 4 is 40.4 Å². The predicted molar refractivity (Wildman–Crippen MR) is 232 cm³/mol. The van der Waals surface area contributed by atoms with Gasteiger partial charge in [0, 0.05) is 79.4 Å². The lowest BCUT2D eigenvalue weighted by molar-refractivity contribution is -0.121. The fourth-order valence-corrected chi connectivity index (χ4v) is 6.04. The van der Waals surface area contributed by atoms with Crippen LogP contribution in [0.1, 0.15) is 99.8 Å². The highest BCUT2D eigenvalue weighted by atomic mass is 35.5. The highest BCUT2D eigenvalue weighted by Gasteiger charge is 2.23. The zero-order chi connectivity index (χ0) is 43.3. The number of fused-ring (bicyclic) bond motifs is 2. The Hall–Kier alpha value is -4.53. The minimum absolute atomic E-state index is 0.0383. The van der Waals surface area contributed by atoms with Gasteiger partial charge in [-0.2, -0.15) is 0 Å². The van der Waals surface area contributed by atoms with Gasteiger partial charge in [-0.25, -0.2) is 4.79 Å². The number of carbonyl (C=O) groups excluding carboxylic acids is 2. The lowest BCUT2D eigenvalue weighted by Gasteiger charge is -2.17. The summed E-state index contributed by atoms with van der Waals surface area (Å²) in [6.07, 6.45) is 6.72. The van der Waals surface area contributed by atoms with Gasteiger partial charge in [0.05, 0.1) is 38.6 Å². The van der Waals surface area contributed by atoms with E-state index in [4.69, 9.17) is 35.0 Å². The molecule has 1 aliphatic heterocycles. The van der Waals surface area contributed by atoms with E-state index >= 15 is 0 Å². The molecule has 0 aromatic heterocycles. The Labute approximate surface area is 353 Å². The highest BCUT2D eigenvalue weighted by Crippen LogP contribution is 2.42. The van der Waals surface area contributed by atoms with Crippen LogP contribution < -0.4 is 16.1 Å². The first-order valence-corrected chi connectivity index (χ1v) is 21.2. The number of carbonyl (C=O) groups is 3. The van der Waals surface area contributed by atoms with Crippen molar-refractivity contribution in [1.82, 2.24) is 10.6 Å². The third kappa shape index (κ3) is 18.9. The van der Waals surface area contributed by atoms with Gasteiger partial charge in [0.15, 0.2) is 5.43 Å². The summed E-state index contributed by atoms with van der Waals surface area (Å²) in [4.78, 5) is 49.6. The molecule has 0 unspecified atom stereocenters. The molecule has 1 heterocycles. The number of benzene rings is 3. The third-order valence-corrected chi connectivity index (χ3v) is 8.98. The molecular weight excluding hydrogens is 780 g/mol. The maximum absolute atomic E-state index is 13.1. The van der Waals surface area contributed by atoms with Crippen molar-refractivity contribution in [3.63, 3.8) is 0 Å². The van der Waals surface area contributed by atoms with Crippen molar-refractivity contribution in [2.75, 3.05) is 71.8 Å². The number of phenolic OH excluding ortho intramolecular Hbond substituents is 1. The van der Waals surface area contributed by atoms with E-state index in [1.54, 1.807) is 12.1 Å². The maximum Gasteiger partial charge on any atom is 0.336 e. The molecule has 0 spiro atoms. The Kier molecular flexibility index (Phi) is 26.2. The van der Waals surface area contributed by atoms with Crippen LogP contribution in [0.3, 0.4) is 0 Å². The molecule has 13 nitrogen and oxygen atoms in total. The second-order valence-electron chi connectivity index (χ2n) is 13.0. The first-order valence-electron chi connectivity index (χ1n) is 20.7. The largest absolute Gasteiger partial charge is 0.508 e. The van der Waals surface area contributed by atoms with E-state index in [2.05, 4.69) is 10.6 Å². The number of carboxylic acid groups (broad SMARTS) is 1. The molecule has 0 saturated carbocycles. The molecule has 4 N–H and O–H groups in total. The van der Waals surface area contributed by atoms with E-state index in [9.17, 15) is 29.4 Å². The lowest BCUT2D eigenvalue weighted by Crippen LogP contribution is -2.27. The van der Waals surface area contributed by atoms with E-state index in [0.717, 1.165) is 58.5 Å². The van der Waals surface area contributed by atoms with Gasteiger partial charge in [-0.3, -0.25) is 14.4 Å². The predicted octanol–water partition coefficient (Wildman–Crippen LogP) is 8.29. The van der Waals surface area contributed by atoms with Crippen LogP contribution in [-0.4, -0.2) is 99.8 Å². The molecule has 4 rings (SSSR count). The van der Waals surface area contributed by atoms with Crippen LogP contribution in [0.2, 0.25) is 0 Å². The van der Waals surface area contributed by atoms with Gasteiger partial charge in [-0.05, 0) is 87.6 Å². The summed E-state index contributed by atoms with van der Waals surface area (Å²) in [5, 5.41) is 26.3. The third-order valence-electron chi connectivity index (χ3n) is 8.72. The second-order valence-corrected chi connectivity index (χ2v) is 13.4. The fraction of sp³-hybridized carbons (Fsp3) is 0.511. The molecule has 2 aliphatic rings. The van der Waals surface area contributed by atoms with Crippen molar-refractivity contribution in [1.29, 1.82) is 0 Å². The molecule has 59 heavy (non-hydrogen) atoms. The standard InChI is InChI=1S/C37H43ClN2O9.C6H14O2.C2H6/c38-15-5-1-2-7-18-47-20-21-48-19-17-39-34(43)8-4-3-6-16-40-36(44)25-9-12-28(37(45)46)31(22-25)35-29-13-10-26(41)23-32(29)49-33-24-27(42)11-14-30(33)35;1-3-7-5-6-8-4-2;1-2/h9-14,22-24,41H,1-8,15-21H2,(H,39,43)(H,40,44)(H,45,46);3-6H2,1-2H3;1-2H3. The molecule has 2 aromatic rings. The number of hydrogen-bond acceptors (Lipinski definition) is 10. The van der Waals surface area contributed by atoms with Crippen LogP contribution in [0.25, 0.3) is 33.4 Å². The number of unbranched alkanes of at least 4 members (excludes halogenated alkanes) is 5. The number of aromatic hydroxyl groups is 1. The van der Waals surface area contributed by atoms with Gasteiger partial charge in [-0.15, -0.1) is 11.6 Å². The molecule has 2 aromatic carbocycles. The van der Waals surface area contributed by atoms with Gasteiger partial charge >= 0.3 is 5.97 Å². The molecule has 0 radical (unpaired) electrons. The summed E-state index contributed by atoms with van der Waals surface area (Å²) in [6, 6.07) is 13.0. The van der Waals surface area contributed by atoms with Crippen LogP contribution in [-0.2, 0) is 23.7 Å². The van der Waals surface area contributed by atoms with Crippen molar-refractivity contribution in [2.24, 2.45) is 0 Å². The Bertz CT molecular complexity index is 1840. The van der Waals surface area contributed by atoms with Crippen LogP contribution in [0.4, 0.5) is 0 Å². The normalized spacial score (nSPS) is 10.7. The number of aromatic carboxylic acids is 1. The van der Waals surface area contributed by atoms with E-state index in [0.29, 0.717) is 81.2 Å². The van der Waals surface area contributed by atoms with Gasteiger partial charge in [-0.1, -0.05) is 33.1 Å². The molecule has 0 bridgehead atoms. The SMILES string of the molecule is CC.CCOCCOCC.O=C(CCCCCNC(=O)c1ccc(C(=O)O)c(-c2c3ccc(=O)cc-3oc3cc(O)ccc23)c1)NCCOCCOCCCCCCCl. The number of alkyl halides is 1. The van der Waals surface area contributed by atoms with Crippen molar-refractivity contribution < 1.29 is 48.0 Å². The van der Waals surface area contributed by atoms with Crippen LogP contribution in [0, 0.1) is 0 Å². The quantitative estimate of drug-likeness (QED) is 0.0271. The first kappa shape index (κ1) is 50.6. The minimum Gasteiger partial charge on any atom is -0.508 e. The average molecular weight is 843 g/mol. The second kappa shape index (κ2) is 30.5. The van der Waals surface area contributed by atoms with Crippen molar-refractivity contribution in [3.05, 3.63) is 75.9 Å². The topological polar surface area (TPSA) is 183 Å². The summed E-state index contributed by atoms with van der Waals surface area (Å²) < 4.78 is 26.9. The number of phenols is 1. The lowest BCUT2D eigenvalue weighted by atomic mass is 9.89. The van der Waals surface area contributed by atoms with Crippen LogP contribution in [0.15, 0.2) is 63.8 Å². The Morgan fingerprint density at radius 1 is 0.695 bits per heavy atom. The number of rotatable bonds is 26. The molecule has 0 atom stereocenters. The maximum atomic E-state index is 13.1. The molecule has 14 heteroatoms. The zero-order valence-corrected chi connectivity index (χ0v) is 35.8. The van der Waals surface area contributed by atoms with Gasteiger partial charge in [0.2, 0.25) is 5.91 Å². The van der Waals surface area contributed by atoms with E-state index in [1.807, 2.05) is 27.7 Å². The summed E-state index contributed by atoms with van der Waals surface area (Å²) in [5.74, 6) is -0.759. The smallest absolute Gasteiger partial charge is 0.336 e. The summed E-state index contributed by atoms with van der Waals surface area (Å²) >= 11 is 5.66. The summed E-state index contributed by atoms with van der Waals surface area (Å²) in [7, 11) is 0. The monoisotopic (exact) mass is 842 g/mol. The molecular formula is C45H63ClN2O11. The van der Waals surface area contributed by atoms with E-state index in [-0.39, 0.29) is 51.0 Å². The van der Waals surface area contributed by atoms with Gasteiger partial charge < -0.3 is 44.2 Å². The minimum atomic E-state index is -1.19.